The molecular formula is C14H10BrF4NO2. The molecule has 0 N–H and O–H groups in total. The van der Waals surface area contributed by atoms with Crippen molar-refractivity contribution < 1.29 is 27.2 Å². The molecule has 2 amide bonds. The van der Waals surface area contributed by atoms with Gasteiger partial charge in [-0.15, -0.1) is 0 Å². The van der Waals surface area contributed by atoms with Gasteiger partial charge in [0.1, 0.15) is 5.69 Å². The van der Waals surface area contributed by atoms with E-state index in [0.29, 0.717) is 12.8 Å². The van der Waals surface area contributed by atoms with E-state index in [1.165, 1.54) is 0 Å². The smallest absolute Gasteiger partial charge is 0.237 e. The van der Waals surface area contributed by atoms with E-state index in [1.807, 2.05) is 0 Å². The van der Waals surface area contributed by atoms with Crippen molar-refractivity contribution >= 4 is 33.4 Å². The zero-order valence-electron chi connectivity index (χ0n) is 11.1. The molecule has 1 saturated heterocycles. The molecule has 3 nitrogen and oxygen atoms in total. The van der Waals surface area contributed by atoms with Crippen molar-refractivity contribution in [1.82, 2.24) is 0 Å². The quantitative estimate of drug-likeness (QED) is 0.323. The topological polar surface area (TPSA) is 37.4 Å². The highest BCUT2D eigenvalue weighted by molar-refractivity contribution is 9.10. The molecule has 0 aromatic heterocycles. The van der Waals surface area contributed by atoms with E-state index in [1.54, 1.807) is 0 Å². The average Bonchev–Trinajstić information content (AvgIpc) is 2.77. The lowest BCUT2D eigenvalue weighted by atomic mass is 9.81. The lowest BCUT2D eigenvalue weighted by molar-refractivity contribution is -0.122. The van der Waals surface area contributed by atoms with Gasteiger partial charge in [-0.25, -0.2) is 22.5 Å². The number of nitrogens with zero attached hydrogens (tertiary/aromatic N) is 1. The second-order valence-electron chi connectivity index (χ2n) is 5.43. The van der Waals surface area contributed by atoms with Crippen molar-refractivity contribution in [2.75, 3.05) is 4.90 Å². The van der Waals surface area contributed by atoms with Crippen LogP contribution in [0, 0.1) is 35.1 Å². The number of hydrogen-bond acceptors (Lipinski definition) is 2. The molecule has 1 aromatic rings. The summed E-state index contributed by atoms with van der Waals surface area (Å²) in [6.45, 7) is 0. The number of halogens is 5. The molecule has 22 heavy (non-hydrogen) atoms. The highest BCUT2D eigenvalue weighted by Gasteiger charge is 2.51. The van der Waals surface area contributed by atoms with Crippen LogP contribution in [-0.4, -0.2) is 11.8 Å². The zero-order valence-corrected chi connectivity index (χ0v) is 12.7. The van der Waals surface area contributed by atoms with Crippen LogP contribution in [0.4, 0.5) is 23.2 Å². The van der Waals surface area contributed by atoms with Crippen LogP contribution in [0.3, 0.4) is 0 Å². The first-order valence-corrected chi connectivity index (χ1v) is 7.54. The predicted octanol–water partition coefficient (Wildman–Crippen LogP) is 3.69. The summed E-state index contributed by atoms with van der Waals surface area (Å²) < 4.78 is 54.3. The van der Waals surface area contributed by atoms with Crippen molar-refractivity contribution in [3.63, 3.8) is 0 Å². The van der Waals surface area contributed by atoms with Gasteiger partial charge in [-0.3, -0.25) is 9.59 Å². The van der Waals surface area contributed by atoms with Crippen LogP contribution < -0.4 is 4.90 Å². The molecule has 2 fully saturated rings. The summed E-state index contributed by atoms with van der Waals surface area (Å²) in [4.78, 5) is 24.8. The maximum Gasteiger partial charge on any atom is 0.237 e. The Kier molecular flexibility index (Phi) is 3.74. The van der Waals surface area contributed by atoms with Crippen LogP contribution >= 0.6 is 15.9 Å². The fourth-order valence-corrected chi connectivity index (χ4v) is 3.52. The van der Waals surface area contributed by atoms with Gasteiger partial charge in [-0.2, -0.15) is 0 Å². The van der Waals surface area contributed by atoms with Crippen LogP contribution in [0.5, 0.6) is 0 Å². The standard InChI is InChI=1S/C14H10BrF4NO2/c15-7-8(16)10(18)12(11(19)9(7)17)20-13(21)5-3-1-2-4-6(5)14(20)22/h5-6H,1-4H2. The summed E-state index contributed by atoms with van der Waals surface area (Å²) in [6, 6.07) is 0. The average molecular weight is 380 g/mol. The molecule has 1 saturated carbocycles. The van der Waals surface area contributed by atoms with Gasteiger partial charge in [-0.1, -0.05) is 12.8 Å². The fraction of sp³-hybridized carbons (Fsp3) is 0.429. The van der Waals surface area contributed by atoms with E-state index in [2.05, 4.69) is 15.9 Å². The summed E-state index contributed by atoms with van der Waals surface area (Å²) in [5.41, 5.74) is -1.26. The second kappa shape index (κ2) is 5.33. The molecule has 0 radical (unpaired) electrons. The Bertz CT molecular complexity index is 641. The van der Waals surface area contributed by atoms with Gasteiger partial charge in [0.15, 0.2) is 23.3 Å². The number of rotatable bonds is 1. The summed E-state index contributed by atoms with van der Waals surface area (Å²) in [5.74, 6) is -9.81. The Hall–Kier alpha value is -1.44. The number of imide groups is 1. The van der Waals surface area contributed by atoms with Gasteiger partial charge in [-0.05, 0) is 28.8 Å². The summed E-state index contributed by atoms with van der Waals surface area (Å²) in [5, 5.41) is 0. The molecule has 0 bridgehead atoms. The van der Waals surface area contributed by atoms with E-state index in [-0.39, 0.29) is 4.90 Å². The summed E-state index contributed by atoms with van der Waals surface area (Å²) in [7, 11) is 0. The first-order chi connectivity index (χ1) is 10.4. The Labute approximate surface area is 131 Å². The molecular weight excluding hydrogens is 370 g/mol. The van der Waals surface area contributed by atoms with Gasteiger partial charge < -0.3 is 0 Å². The molecule has 2 atom stereocenters. The highest BCUT2D eigenvalue weighted by Crippen LogP contribution is 2.43. The van der Waals surface area contributed by atoms with Crippen molar-refractivity contribution in [3.8, 4) is 0 Å². The molecule has 8 heteroatoms. The van der Waals surface area contributed by atoms with E-state index < -0.39 is 57.1 Å². The monoisotopic (exact) mass is 379 g/mol. The minimum absolute atomic E-state index is 0.268. The third kappa shape index (κ3) is 2.00. The molecule has 1 aliphatic carbocycles. The van der Waals surface area contributed by atoms with Crippen molar-refractivity contribution in [1.29, 1.82) is 0 Å². The number of hydrogen-bond donors (Lipinski definition) is 0. The maximum atomic E-state index is 14.0. The summed E-state index contributed by atoms with van der Waals surface area (Å²) >= 11 is 2.40. The maximum absolute atomic E-state index is 14.0. The number of amides is 2. The number of benzene rings is 1. The number of fused-ring (bicyclic) bond motifs is 1. The molecule has 0 spiro atoms. The second-order valence-corrected chi connectivity index (χ2v) is 6.22. The minimum atomic E-state index is -1.76. The number of carbonyl (C=O) groups excluding carboxylic acids is 2. The van der Waals surface area contributed by atoms with E-state index in [4.69, 9.17) is 0 Å². The van der Waals surface area contributed by atoms with Gasteiger partial charge >= 0.3 is 0 Å². The van der Waals surface area contributed by atoms with E-state index in [0.717, 1.165) is 12.8 Å². The lowest BCUT2D eigenvalue weighted by Gasteiger charge is -2.19. The van der Waals surface area contributed by atoms with E-state index in [9.17, 15) is 27.2 Å². The SMILES string of the molecule is O=C1C2CCCCC2C(=O)N1c1c(F)c(F)c(Br)c(F)c1F. The Morgan fingerprint density at radius 3 is 1.64 bits per heavy atom. The normalized spacial score (nSPS) is 24.9. The molecule has 3 rings (SSSR count). The first-order valence-electron chi connectivity index (χ1n) is 6.75. The third-order valence-corrected chi connectivity index (χ3v) is 4.95. The third-order valence-electron chi connectivity index (χ3n) is 4.25. The Morgan fingerprint density at radius 2 is 1.23 bits per heavy atom. The largest absolute Gasteiger partial charge is 0.274 e. The van der Waals surface area contributed by atoms with Crippen LogP contribution in [-0.2, 0) is 9.59 Å². The van der Waals surface area contributed by atoms with Crippen molar-refractivity contribution in [2.24, 2.45) is 11.8 Å². The Balaban J connectivity index is 2.16. The summed E-state index contributed by atoms with van der Waals surface area (Å²) in [6.07, 6.45) is 2.30. The fourth-order valence-electron chi connectivity index (χ4n) is 3.17. The van der Waals surface area contributed by atoms with E-state index >= 15 is 0 Å². The van der Waals surface area contributed by atoms with Crippen LogP contribution in [0.1, 0.15) is 25.7 Å². The van der Waals surface area contributed by atoms with Crippen LogP contribution in [0.25, 0.3) is 0 Å². The van der Waals surface area contributed by atoms with Crippen molar-refractivity contribution in [2.45, 2.75) is 25.7 Å². The molecule has 118 valence electrons. The van der Waals surface area contributed by atoms with Gasteiger partial charge in [0, 0.05) is 0 Å². The Morgan fingerprint density at radius 1 is 0.818 bits per heavy atom. The number of carbonyl (C=O) groups is 2. The molecule has 1 heterocycles. The van der Waals surface area contributed by atoms with Crippen LogP contribution in [0.2, 0.25) is 0 Å². The predicted molar refractivity (Wildman–Crippen MR) is 71.9 cm³/mol. The number of anilines is 1. The highest BCUT2D eigenvalue weighted by atomic mass is 79.9. The zero-order chi connectivity index (χ0) is 16.2. The molecule has 1 aliphatic heterocycles. The molecule has 2 aliphatic rings. The lowest BCUT2D eigenvalue weighted by Crippen LogP contribution is -2.33. The van der Waals surface area contributed by atoms with Crippen molar-refractivity contribution in [3.05, 3.63) is 27.7 Å². The first kappa shape index (κ1) is 15.5. The van der Waals surface area contributed by atoms with Gasteiger partial charge in [0.05, 0.1) is 16.3 Å². The molecule has 2 unspecified atom stereocenters. The van der Waals surface area contributed by atoms with Gasteiger partial charge in [0.25, 0.3) is 0 Å². The minimum Gasteiger partial charge on any atom is -0.274 e. The van der Waals surface area contributed by atoms with Crippen LogP contribution in [0.15, 0.2) is 4.47 Å². The van der Waals surface area contributed by atoms with Gasteiger partial charge in [0.2, 0.25) is 11.8 Å². The molecule has 1 aromatic carbocycles.